The summed E-state index contributed by atoms with van der Waals surface area (Å²) in [5.74, 6) is -0.375. The van der Waals surface area contributed by atoms with Crippen LogP contribution >= 0.6 is 31.9 Å². The SMILES string of the molecule is CCC(=O)c1ccc(Br)c(Br)c1OC(F)F. The summed E-state index contributed by atoms with van der Waals surface area (Å²) in [6, 6.07) is 3.06. The van der Waals surface area contributed by atoms with E-state index < -0.39 is 6.61 Å². The Labute approximate surface area is 108 Å². The van der Waals surface area contributed by atoms with Crippen LogP contribution in [0.1, 0.15) is 23.7 Å². The van der Waals surface area contributed by atoms with Gasteiger partial charge >= 0.3 is 6.61 Å². The summed E-state index contributed by atoms with van der Waals surface area (Å²) in [5, 5.41) is 0. The van der Waals surface area contributed by atoms with Crippen molar-refractivity contribution in [3.63, 3.8) is 0 Å². The van der Waals surface area contributed by atoms with Gasteiger partial charge in [0.1, 0.15) is 0 Å². The molecule has 0 radical (unpaired) electrons. The topological polar surface area (TPSA) is 26.3 Å². The number of ketones is 1. The Morgan fingerprint density at radius 3 is 2.56 bits per heavy atom. The molecule has 0 saturated heterocycles. The molecule has 0 aromatic heterocycles. The summed E-state index contributed by atoms with van der Waals surface area (Å²) in [5.41, 5.74) is 0.151. The number of ether oxygens (including phenoxy) is 1. The molecule has 0 aliphatic rings. The van der Waals surface area contributed by atoms with Gasteiger partial charge in [-0.3, -0.25) is 4.79 Å². The summed E-state index contributed by atoms with van der Waals surface area (Å²) in [7, 11) is 0. The van der Waals surface area contributed by atoms with Gasteiger partial charge in [-0.1, -0.05) is 6.92 Å². The zero-order chi connectivity index (χ0) is 12.3. The van der Waals surface area contributed by atoms with Gasteiger partial charge in [0.2, 0.25) is 0 Å². The van der Waals surface area contributed by atoms with E-state index >= 15 is 0 Å². The minimum absolute atomic E-state index is 0.128. The van der Waals surface area contributed by atoms with Crippen molar-refractivity contribution in [3.05, 3.63) is 26.6 Å². The van der Waals surface area contributed by atoms with Gasteiger partial charge in [-0.05, 0) is 44.0 Å². The Morgan fingerprint density at radius 2 is 2.06 bits per heavy atom. The predicted molar refractivity (Wildman–Crippen MR) is 63.1 cm³/mol. The average molecular weight is 358 g/mol. The van der Waals surface area contributed by atoms with Crippen molar-refractivity contribution >= 4 is 37.6 Å². The maximum atomic E-state index is 12.2. The highest BCUT2D eigenvalue weighted by molar-refractivity contribution is 9.13. The monoisotopic (exact) mass is 356 g/mol. The summed E-state index contributed by atoms with van der Waals surface area (Å²) < 4.78 is 29.6. The molecule has 0 N–H and O–H groups in total. The number of rotatable bonds is 4. The van der Waals surface area contributed by atoms with Crippen molar-refractivity contribution in [2.45, 2.75) is 20.0 Å². The minimum atomic E-state index is -2.96. The molecule has 1 aromatic carbocycles. The Balaban J connectivity index is 3.27. The fourth-order valence-corrected chi connectivity index (χ4v) is 1.90. The molecular weight excluding hydrogens is 350 g/mol. The summed E-state index contributed by atoms with van der Waals surface area (Å²) in [6.45, 7) is -1.31. The van der Waals surface area contributed by atoms with Crippen molar-refractivity contribution in [2.75, 3.05) is 0 Å². The molecule has 0 bridgehead atoms. The third kappa shape index (κ3) is 3.01. The third-order valence-electron chi connectivity index (χ3n) is 1.88. The molecule has 1 rings (SSSR count). The Morgan fingerprint density at radius 1 is 1.44 bits per heavy atom. The van der Waals surface area contributed by atoms with Gasteiger partial charge in [-0.25, -0.2) is 0 Å². The summed E-state index contributed by atoms with van der Waals surface area (Å²) in [4.78, 5) is 11.5. The highest BCUT2D eigenvalue weighted by Crippen LogP contribution is 2.37. The first-order valence-electron chi connectivity index (χ1n) is 4.43. The molecule has 0 heterocycles. The van der Waals surface area contributed by atoms with Gasteiger partial charge in [0.05, 0.1) is 10.0 Å². The fourth-order valence-electron chi connectivity index (χ4n) is 1.15. The van der Waals surface area contributed by atoms with E-state index in [9.17, 15) is 13.6 Å². The molecule has 0 unspecified atom stereocenters. The lowest BCUT2D eigenvalue weighted by Crippen LogP contribution is -2.08. The number of Topliss-reactive ketones (excluding diaryl/α,β-unsaturated/α-hetero) is 1. The minimum Gasteiger partial charge on any atom is -0.433 e. The second kappa shape index (κ2) is 5.72. The van der Waals surface area contributed by atoms with Crippen LogP contribution in [0.4, 0.5) is 8.78 Å². The summed E-state index contributed by atoms with van der Waals surface area (Å²) >= 11 is 6.26. The molecule has 16 heavy (non-hydrogen) atoms. The fraction of sp³-hybridized carbons (Fsp3) is 0.300. The third-order valence-corrected chi connectivity index (χ3v) is 3.86. The van der Waals surface area contributed by atoms with Crippen LogP contribution in [0.2, 0.25) is 0 Å². The van der Waals surface area contributed by atoms with Crippen LogP contribution in [0.5, 0.6) is 5.75 Å². The molecule has 0 aliphatic heterocycles. The molecule has 0 fully saturated rings. The van der Waals surface area contributed by atoms with E-state index in [-0.39, 0.29) is 23.5 Å². The Bertz CT molecular complexity index is 408. The number of carbonyl (C=O) groups is 1. The highest BCUT2D eigenvalue weighted by Gasteiger charge is 2.19. The first-order valence-corrected chi connectivity index (χ1v) is 6.02. The van der Waals surface area contributed by atoms with Crippen molar-refractivity contribution in [2.24, 2.45) is 0 Å². The van der Waals surface area contributed by atoms with E-state index in [4.69, 9.17) is 0 Å². The van der Waals surface area contributed by atoms with Gasteiger partial charge in [0, 0.05) is 10.9 Å². The standard InChI is InChI=1S/C10H8Br2F2O2/c1-2-7(15)5-3-4-6(11)8(12)9(5)16-10(13)14/h3-4,10H,2H2,1H3. The number of halogens is 4. The summed E-state index contributed by atoms with van der Waals surface area (Å²) in [6.07, 6.45) is 0.230. The van der Waals surface area contributed by atoms with Crippen LogP contribution in [0.3, 0.4) is 0 Å². The second-order valence-corrected chi connectivity index (χ2v) is 4.54. The van der Waals surface area contributed by atoms with Crippen LogP contribution in [0.15, 0.2) is 21.1 Å². The van der Waals surface area contributed by atoms with Gasteiger partial charge < -0.3 is 4.74 Å². The molecule has 0 aliphatic carbocycles. The molecule has 2 nitrogen and oxygen atoms in total. The first-order chi connectivity index (χ1) is 7.47. The number of benzene rings is 1. The largest absolute Gasteiger partial charge is 0.433 e. The maximum Gasteiger partial charge on any atom is 0.387 e. The molecule has 1 aromatic rings. The maximum absolute atomic E-state index is 12.2. The lowest BCUT2D eigenvalue weighted by atomic mass is 10.1. The number of hydrogen-bond donors (Lipinski definition) is 0. The predicted octanol–water partition coefficient (Wildman–Crippen LogP) is 4.41. The Kier molecular flexibility index (Phi) is 4.86. The molecule has 88 valence electrons. The van der Waals surface area contributed by atoms with Gasteiger partial charge in [-0.15, -0.1) is 0 Å². The molecule has 0 amide bonds. The second-order valence-electron chi connectivity index (χ2n) is 2.89. The lowest BCUT2D eigenvalue weighted by Gasteiger charge is -2.12. The van der Waals surface area contributed by atoms with Crippen LogP contribution in [0, 0.1) is 0 Å². The normalized spacial score (nSPS) is 10.6. The van der Waals surface area contributed by atoms with E-state index in [0.717, 1.165) is 0 Å². The molecular formula is C10H8Br2F2O2. The van der Waals surface area contributed by atoms with Crippen molar-refractivity contribution in [1.29, 1.82) is 0 Å². The highest BCUT2D eigenvalue weighted by atomic mass is 79.9. The molecule has 0 spiro atoms. The molecule has 0 atom stereocenters. The molecule has 6 heteroatoms. The van der Waals surface area contributed by atoms with E-state index in [0.29, 0.717) is 8.95 Å². The Hall–Kier alpha value is -0.490. The average Bonchev–Trinajstić information content (AvgIpc) is 2.23. The van der Waals surface area contributed by atoms with Gasteiger partial charge in [0.15, 0.2) is 11.5 Å². The zero-order valence-electron chi connectivity index (χ0n) is 8.27. The molecule has 0 saturated carbocycles. The zero-order valence-corrected chi connectivity index (χ0v) is 11.4. The quantitative estimate of drug-likeness (QED) is 0.746. The van der Waals surface area contributed by atoms with Crippen molar-refractivity contribution < 1.29 is 18.3 Å². The van der Waals surface area contributed by atoms with Crippen LogP contribution in [0.25, 0.3) is 0 Å². The van der Waals surface area contributed by atoms with E-state index in [1.807, 2.05) is 0 Å². The van der Waals surface area contributed by atoms with Crippen molar-refractivity contribution in [3.8, 4) is 5.75 Å². The number of hydrogen-bond acceptors (Lipinski definition) is 2. The number of alkyl halides is 2. The van der Waals surface area contributed by atoms with Gasteiger partial charge in [-0.2, -0.15) is 8.78 Å². The lowest BCUT2D eigenvalue weighted by molar-refractivity contribution is -0.0507. The number of carbonyl (C=O) groups excluding carboxylic acids is 1. The van der Waals surface area contributed by atoms with E-state index in [1.165, 1.54) is 6.07 Å². The van der Waals surface area contributed by atoms with E-state index in [2.05, 4.69) is 36.6 Å². The van der Waals surface area contributed by atoms with Crippen molar-refractivity contribution in [1.82, 2.24) is 0 Å². The van der Waals surface area contributed by atoms with Crippen LogP contribution in [-0.2, 0) is 0 Å². The van der Waals surface area contributed by atoms with Crippen LogP contribution < -0.4 is 4.74 Å². The smallest absolute Gasteiger partial charge is 0.387 e. The van der Waals surface area contributed by atoms with Crippen LogP contribution in [-0.4, -0.2) is 12.4 Å². The van der Waals surface area contributed by atoms with E-state index in [1.54, 1.807) is 13.0 Å². The van der Waals surface area contributed by atoms with Gasteiger partial charge in [0.25, 0.3) is 0 Å². The first kappa shape index (κ1) is 13.6.